The zero-order valence-corrected chi connectivity index (χ0v) is 14.7. The van der Waals surface area contributed by atoms with E-state index >= 15 is 0 Å². The number of carboxylic acid groups (broad SMARTS) is 1. The maximum atomic E-state index is 11.3. The predicted molar refractivity (Wildman–Crippen MR) is 89.4 cm³/mol. The highest BCUT2D eigenvalue weighted by atomic mass is 79.9. The van der Waals surface area contributed by atoms with Crippen molar-refractivity contribution in [2.75, 3.05) is 0 Å². The molecule has 2 aromatic rings. The monoisotopic (exact) mass is 412 g/mol. The van der Waals surface area contributed by atoms with Gasteiger partial charge in [-0.25, -0.2) is 4.79 Å². The first-order chi connectivity index (χ1) is 9.88. The smallest absolute Gasteiger partial charge is 0.339 e. The lowest BCUT2D eigenvalue weighted by atomic mass is 10.0. The van der Waals surface area contributed by atoms with E-state index in [0.29, 0.717) is 16.0 Å². The first-order valence-electron chi connectivity index (χ1n) is 6.38. The third kappa shape index (κ3) is 3.86. The minimum atomic E-state index is -1.02. The number of halogens is 2. The van der Waals surface area contributed by atoms with Gasteiger partial charge in [-0.05, 0) is 47.9 Å². The van der Waals surface area contributed by atoms with Crippen LogP contribution in [-0.4, -0.2) is 11.1 Å². The zero-order chi connectivity index (χ0) is 15.6. The number of carboxylic acids is 1. The van der Waals surface area contributed by atoms with Crippen LogP contribution >= 0.6 is 31.9 Å². The average molecular weight is 414 g/mol. The van der Waals surface area contributed by atoms with Gasteiger partial charge >= 0.3 is 5.97 Å². The summed E-state index contributed by atoms with van der Waals surface area (Å²) in [4.78, 5) is 11.3. The lowest BCUT2D eigenvalue weighted by Gasteiger charge is -2.15. The molecule has 0 aliphatic rings. The molecule has 2 aromatic carbocycles. The summed E-state index contributed by atoms with van der Waals surface area (Å²) < 4.78 is 7.52. The molecule has 0 radical (unpaired) electrons. The van der Waals surface area contributed by atoms with Crippen molar-refractivity contribution < 1.29 is 14.6 Å². The summed E-state index contributed by atoms with van der Waals surface area (Å²) in [5.41, 5.74) is 1.14. The molecule has 0 bridgehead atoms. The first kappa shape index (κ1) is 16.0. The molecule has 0 heterocycles. The van der Waals surface area contributed by atoms with E-state index < -0.39 is 5.97 Å². The van der Waals surface area contributed by atoms with E-state index in [1.807, 2.05) is 18.2 Å². The molecule has 0 aromatic heterocycles. The first-order valence-corrected chi connectivity index (χ1v) is 7.97. The molecule has 0 unspecified atom stereocenters. The Morgan fingerprint density at radius 3 is 2.19 bits per heavy atom. The Kier molecular flexibility index (Phi) is 5.06. The molecular formula is C16H14Br2O3. The quantitative estimate of drug-likeness (QED) is 0.686. The molecule has 0 aliphatic heterocycles. The molecule has 0 saturated carbocycles. The van der Waals surface area contributed by atoms with Crippen molar-refractivity contribution in [3.05, 3.63) is 56.5 Å². The van der Waals surface area contributed by atoms with Crippen LogP contribution in [0.25, 0.3) is 0 Å². The fourth-order valence-corrected chi connectivity index (χ4v) is 2.68. The van der Waals surface area contributed by atoms with Crippen LogP contribution in [0.1, 0.15) is 35.7 Å². The molecular weight excluding hydrogens is 400 g/mol. The second-order valence-corrected chi connectivity index (χ2v) is 6.72. The van der Waals surface area contributed by atoms with Crippen molar-refractivity contribution in [2.45, 2.75) is 19.8 Å². The Bertz CT molecular complexity index is 681. The minimum absolute atomic E-state index is 0.127. The number of ether oxygens (including phenoxy) is 1. The van der Waals surface area contributed by atoms with Crippen molar-refractivity contribution in [1.82, 2.24) is 0 Å². The average Bonchev–Trinajstić information content (AvgIpc) is 2.42. The van der Waals surface area contributed by atoms with Crippen LogP contribution in [-0.2, 0) is 0 Å². The largest absolute Gasteiger partial charge is 0.478 e. The fourth-order valence-electron chi connectivity index (χ4n) is 1.94. The van der Waals surface area contributed by atoms with Crippen LogP contribution in [0.4, 0.5) is 0 Å². The highest BCUT2D eigenvalue weighted by Gasteiger charge is 2.15. The molecule has 21 heavy (non-hydrogen) atoms. The molecule has 2 rings (SSSR count). The lowest BCUT2D eigenvalue weighted by Crippen LogP contribution is -2.01. The van der Waals surface area contributed by atoms with E-state index in [9.17, 15) is 9.90 Å². The van der Waals surface area contributed by atoms with Crippen LogP contribution in [0.3, 0.4) is 0 Å². The van der Waals surface area contributed by atoms with Gasteiger partial charge in [0.2, 0.25) is 0 Å². The normalized spacial score (nSPS) is 10.7. The van der Waals surface area contributed by atoms with Gasteiger partial charge in [-0.2, -0.15) is 0 Å². The van der Waals surface area contributed by atoms with Crippen LogP contribution in [0.5, 0.6) is 11.5 Å². The Morgan fingerprint density at radius 2 is 1.62 bits per heavy atom. The summed E-state index contributed by atoms with van der Waals surface area (Å²) in [5, 5.41) is 9.28. The van der Waals surface area contributed by atoms with E-state index in [1.54, 1.807) is 12.1 Å². The molecule has 5 heteroatoms. The molecule has 0 saturated heterocycles. The Hall–Kier alpha value is -1.33. The van der Waals surface area contributed by atoms with Gasteiger partial charge in [-0.3, -0.25) is 0 Å². The Balaban J connectivity index is 2.46. The number of carbonyl (C=O) groups is 1. The number of hydrogen-bond acceptors (Lipinski definition) is 2. The molecule has 0 atom stereocenters. The second kappa shape index (κ2) is 6.62. The molecule has 1 N–H and O–H groups in total. The molecule has 110 valence electrons. The Labute approximate surface area is 140 Å². The summed E-state index contributed by atoms with van der Waals surface area (Å²) >= 11 is 6.71. The van der Waals surface area contributed by atoms with Crippen molar-refractivity contribution in [1.29, 1.82) is 0 Å². The highest BCUT2D eigenvalue weighted by Crippen LogP contribution is 2.35. The number of aromatic carboxylic acids is 1. The van der Waals surface area contributed by atoms with Crippen LogP contribution < -0.4 is 4.74 Å². The molecule has 0 aliphatic carbocycles. The van der Waals surface area contributed by atoms with Crippen molar-refractivity contribution in [2.24, 2.45) is 0 Å². The summed E-state index contributed by atoms with van der Waals surface area (Å²) in [6.45, 7) is 4.13. The summed E-state index contributed by atoms with van der Waals surface area (Å²) in [5.74, 6) is 0.240. The molecule has 0 amide bonds. The fraction of sp³-hybridized carbons (Fsp3) is 0.188. The van der Waals surface area contributed by atoms with Gasteiger partial charge in [0.15, 0.2) is 0 Å². The maximum absolute atomic E-state index is 11.3. The molecule has 0 fully saturated rings. The predicted octanol–water partition coefficient (Wildman–Crippen LogP) is 5.83. The van der Waals surface area contributed by atoms with E-state index in [-0.39, 0.29) is 11.5 Å². The zero-order valence-electron chi connectivity index (χ0n) is 11.6. The lowest BCUT2D eigenvalue weighted by molar-refractivity contribution is 0.0694. The summed E-state index contributed by atoms with van der Waals surface area (Å²) in [6.07, 6.45) is 0. The SMILES string of the molecule is CC(C)c1cc(Br)ccc1Oc1ccc(Br)cc1C(=O)O. The number of hydrogen-bond donors (Lipinski definition) is 1. The standard InChI is InChI=1S/C16H14Br2O3/c1-9(2)12-7-10(17)3-5-14(12)21-15-6-4-11(18)8-13(15)16(19)20/h3-9H,1-2H3,(H,19,20). The van der Waals surface area contributed by atoms with Crippen molar-refractivity contribution >= 4 is 37.8 Å². The van der Waals surface area contributed by atoms with E-state index in [1.165, 1.54) is 6.07 Å². The van der Waals surface area contributed by atoms with Gasteiger partial charge in [0, 0.05) is 8.95 Å². The van der Waals surface area contributed by atoms with Gasteiger partial charge < -0.3 is 9.84 Å². The molecule has 0 spiro atoms. The van der Waals surface area contributed by atoms with Crippen molar-refractivity contribution in [3.63, 3.8) is 0 Å². The van der Waals surface area contributed by atoms with Crippen LogP contribution in [0.15, 0.2) is 45.3 Å². The van der Waals surface area contributed by atoms with E-state index in [2.05, 4.69) is 45.7 Å². The summed E-state index contributed by atoms with van der Waals surface area (Å²) in [7, 11) is 0. The minimum Gasteiger partial charge on any atom is -0.478 e. The maximum Gasteiger partial charge on any atom is 0.339 e. The third-order valence-corrected chi connectivity index (χ3v) is 3.97. The van der Waals surface area contributed by atoms with Crippen molar-refractivity contribution in [3.8, 4) is 11.5 Å². The number of rotatable bonds is 4. The van der Waals surface area contributed by atoms with Gasteiger partial charge in [0.1, 0.15) is 17.1 Å². The Morgan fingerprint density at radius 1 is 1.05 bits per heavy atom. The topological polar surface area (TPSA) is 46.5 Å². The third-order valence-electron chi connectivity index (χ3n) is 2.99. The van der Waals surface area contributed by atoms with Gasteiger partial charge in [-0.15, -0.1) is 0 Å². The van der Waals surface area contributed by atoms with Gasteiger partial charge in [-0.1, -0.05) is 45.7 Å². The summed E-state index contributed by atoms with van der Waals surface area (Å²) in [6, 6.07) is 10.6. The van der Waals surface area contributed by atoms with Crippen LogP contribution in [0, 0.1) is 0 Å². The second-order valence-electron chi connectivity index (χ2n) is 4.88. The van der Waals surface area contributed by atoms with Gasteiger partial charge in [0.25, 0.3) is 0 Å². The van der Waals surface area contributed by atoms with Crippen LogP contribution in [0.2, 0.25) is 0 Å². The van der Waals surface area contributed by atoms with Gasteiger partial charge in [0.05, 0.1) is 0 Å². The molecule has 3 nitrogen and oxygen atoms in total. The highest BCUT2D eigenvalue weighted by molar-refractivity contribution is 9.10. The van der Waals surface area contributed by atoms with E-state index in [4.69, 9.17) is 4.74 Å². The van der Waals surface area contributed by atoms with E-state index in [0.717, 1.165) is 10.0 Å². The number of benzene rings is 2.